The number of hydrogen-bond donors (Lipinski definition) is 3. The van der Waals surface area contributed by atoms with E-state index in [1.807, 2.05) is 26.0 Å². The van der Waals surface area contributed by atoms with Crippen molar-refractivity contribution in [2.75, 3.05) is 23.8 Å². The number of aliphatic hydroxyl groups is 1. The second-order valence-electron chi connectivity index (χ2n) is 14.1. The minimum Gasteiger partial charge on any atom is -0.492 e. The molecule has 2 amide bonds. The highest BCUT2D eigenvalue weighted by Gasteiger charge is 2.56. The number of anilines is 2. The molecule has 4 atom stereocenters. The average molecular weight is 693 g/mol. The highest BCUT2D eigenvalue weighted by atomic mass is 16.5. The number of hydrogen-bond acceptors (Lipinski definition) is 7. The highest BCUT2D eigenvalue weighted by molar-refractivity contribution is 6.11. The molecule has 9 nitrogen and oxygen atoms in total. The molecular formula is C42H48N2O7. The van der Waals surface area contributed by atoms with Gasteiger partial charge in [0, 0.05) is 12.3 Å². The van der Waals surface area contributed by atoms with Crippen LogP contribution in [0.4, 0.5) is 11.4 Å². The summed E-state index contributed by atoms with van der Waals surface area (Å²) in [5.41, 5.74) is 1.86. The standard InChI is InChI=1S/C42H48N2O7/c1-7-49-34-15-11-9-13-31(34)43-39(46)37-33(45)25-42(6,48)38(40(47)44-32-14-10-12-16-35(32)50-8-2)36(37)28-19-23-30(24-20-28)51-26-27-17-21-29(22-18-27)41(3,4)5/h9-24,36-38,48H,7-8,25-26H2,1-6H3,(H,43,46)(H,44,47). The van der Waals surface area contributed by atoms with Crippen LogP contribution in [0.25, 0.3) is 0 Å². The maximum absolute atomic E-state index is 14.3. The first-order chi connectivity index (χ1) is 24.3. The van der Waals surface area contributed by atoms with Crippen molar-refractivity contribution in [3.8, 4) is 17.2 Å². The Bertz CT molecular complexity index is 1830. The van der Waals surface area contributed by atoms with Gasteiger partial charge < -0.3 is 30.0 Å². The summed E-state index contributed by atoms with van der Waals surface area (Å²) >= 11 is 0. The molecule has 0 heterocycles. The van der Waals surface area contributed by atoms with Gasteiger partial charge in [-0.05, 0) is 79.3 Å². The van der Waals surface area contributed by atoms with E-state index >= 15 is 0 Å². The first kappa shape index (κ1) is 37.1. The molecule has 0 spiro atoms. The van der Waals surface area contributed by atoms with Crippen molar-refractivity contribution in [3.63, 3.8) is 0 Å². The lowest BCUT2D eigenvalue weighted by Crippen LogP contribution is -2.56. The normalized spacial score (nSPS) is 20.3. The van der Waals surface area contributed by atoms with Crippen LogP contribution >= 0.6 is 0 Å². The molecule has 51 heavy (non-hydrogen) atoms. The summed E-state index contributed by atoms with van der Waals surface area (Å²) in [5, 5.41) is 17.6. The van der Waals surface area contributed by atoms with E-state index in [0.29, 0.717) is 54.0 Å². The van der Waals surface area contributed by atoms with Gasteiger partial charge in [0.1, 0.15) is 35.6 Å². The summed E-state index contributed by atoms with van der Waals surface area (Å²) in [6, 6.07) is 29.3. The Labute approximate surface area is 300 Å². The molecule has 0 bridgehead atoms. The van der Waals surface area contributed by atoms with E-state index in [-0.39, 0.29) is 5.41 Å². The molecule has 0 aromatic heterocycles. The second-order valence-corrected chi connectivity index (χ2v) is 14.1. The third-order valence-corrected chi connectivity index (χ3v) is 9.21. The van der Waals surface area contributed by atoms with Gasteiger partial charge in [0.15, 0.2) is 0 Å². The molecule has 1 fully saturated rings. The van der Waals surface area contributed by atoms with Crippen molar-refractivity contribution in [2.24, 2.45) is 11.8 Å². The van der Waals surface area contributed by atoms with Gasteiger partial charge in [-0.25, -0.2) is 0 Å². The predicted octanol–water partition coefficient (Wildman–Crippen LogP) is 7.68. The molecule has 1 saturated carbocycles. The Balaban J connectivity index is 1.48. The van der Waals surface area contributed by atoms with Crippen molar-refractivity contribution in [3.05, 3.63) is 114 Å². The lowest BCUT2D eigenvalue weighted by atomic mass is 9.61. The largest absolute Gasteiger partial charge is 0.492 e. The van der Waals surface area contributed by atoms with Crippen LogP contribution in [0.2, 0.25) is 0 Å². The maximum Gasteiger partial charge on any atom is 0.235 e. The van der Waals surface area contributed by atoms with Gasteiger partial charge >= 0.3 is 0 Å². The van der Waals surface area contributed by atoms with Crippen LogP contribution in [0.3, 0.4) is 0 Å². The molecule has 1 aliphatic rings. The molecule has 0 aliphatic heterocycles. The van der Waals surface area contributed by atoms with E-state index in [2.05, 4.69) is 43.5 Å². The molecular weight excluding hydrogens is 644 g/mol. The van der Waals surface area contributed by atoms with Gasteiger partial charge in [0.25, 0.3) is 0 Å². The van der Waals surface area contributed by atoms with Crippen LogP contribution in [0, 0.1) is 11.8 Å². The molecule has 3 N–H and O–H groups in total. The SMILES string of the molecule is CCOc1ccccc1NC(=O)C1C(=O)CC(C)(O)C(C(=O)Nc2ccccc2OCC)C1c1ccc(OCc2ccc(C(C)(C)C)cc2)cc1. The van der Waals surface area contributed by atoms with Gasteiger partial charge in [0.05, 0.1) is 36.1 Å². The monoisotopic (exact) mass is 692 g/mol. The Morgan fingerprint density at radius 2 is 1.29 bits per heavy atom. The van der Waals surface area contributed by atoms with Gasteiger partial charge in [0.2, 0.25) is 11.8 Å². The van der Waals surface area contributed by atoms with E-state index in [4.69, 9.17) is 14.2 Å². The molecule has 4 aromatic rings. The van der Waals surface area contributed by atoms with Gasteiger partial charge in [-0.3, -0.25) is 14.4 Å². The van der Waals surface area contributed by atoms with E-state index in [0.717, 1.165) is 5.56 Å². The minimum atomic E-state index is -1.78. The topological polar surface area (TPSA) is 123 Å². The number of carbonyl (C=O) groups excluding carboxylic acids is 3. The smallest absolute Gasteiger partial charge is 0.235 e. The first-order valence-corrected chi connectivity index (χ1v) is 17.4. The Morgan fingerprint density at radius 1 is 0.765 bits per heavy atom. The average Bonchev–Trinajstić information content (AvgIpc) is 3.08. The van der Waals surface area contributed by atoms with Crippen LogP contribution in [-0.4, -0.2) is 41.5 Å². The minimum absolute atomic E-state index is 0.0449. The molecule has 268 valence electrons. The Hall–Kier alpha value is -5.15. The summed E-state index contributed by atoms with van der Waals surface area (Å²) in [6.45, 7) is 12.8. The lowest BCUT2D eigenvalue weighted by Gasteiger charge is -2.44. The summed E-state index contributed by atoms with van der Waals surface area (Å²) in [5.74, 6) is -3.65. The number of para-hydroxylation sites is 4. The van der Waals surface area contributed by atoms with E-state index in [1.165, 1.54) is 12.5 Å². The number of ketones is 1. The lowest BCUT2D eigenvalue weighted by molar-refractivity contribution is -0.150. The van der Waals surface area contributed by atoms with Gasteiger partial charge in [-0.2, -0.15) is 0 Å². The zero-order valence-electron chi connectivity index (χ0n) is 30.2. The maximum atomic E-state index is 14.3. The first-order valence-electron chi connectivity index (χ1n) is 17.4. The van der Waals surface area contributed by atoms with Crippen LogP contribution in [0.15, 0.2) is 97.1 Å². The third-order valence-electron chi connectivity index (χ3n) is 9.21. The number of rotatable bonds is 12. The third kappa shape index (κ3) is 8.78. The zero-order valence-corrected chi connectivity index (χ0v) is 30.2. The summed E-state index contributed by atoms with van der Waals surface area (Å²) in [7, 11) is 0. The van der Waals surface area contributed by atoms with E-state index in [1.54, 1.807) is 72.8 Å². The molecule has 9 heteroatoms. The molecule has 0 radical (unpaired) electrons. The van der Waals surface area contributed by atoms with Crippen molar-refractivity contribution < 1.29 is 33.7 Å². The van der Waals surface area contributed by atoms with Crippen LogP contribution in [-0.2, 0) is 26.4 Å². The van der Waals surface area contributed by atoms with Crippen molar-refractivity contribution >= 4 is 29.0 Å². The number of Topliss-reactive ketones (excluding diaryl/α,β-unsaturated/α-hetero) is 1. The zero-order chi connectivity index (χ0) is 36.8. The highest BCUT2D eigenvalue weighted by Crippen LogP contribution is 2.47. The fourth-order valence-corrected chi connectivity index (χ4v) is 6.67. The summed E-state index contributed by atoms with van der Waals surface area (Å²) in [4.78, 5) is 42.3. The number of carbonyl (C=O) groups is 3. The molecule has 4 aromatic carbocycles. The van der Waals surface area contributed by atoms with Crippen molar-refractivity contribution in [1.82, 2.24) is 0 Å². The van der Waals surface area contributed by atoms with E-state index in [9.17, 15) is 19.5 Å². The number of nitrogens with one attached hydrogen (secondary N) is 2. The van der Waals surface area contributed by atoms with Gasteiger partial charge in [-0.1, -0.05) is 81.4 Å². The Morgan fingerprint density at radius 3 is 1.82 bits per heavy atom. The molecule has 1 aliphatic carbocycles. The van der Waals surface area contributed by atoms with Crippen LogP contribution < -0.4 is 24.8 Å². The van der Waals surface area contributed by atoms with Gasteiger partial charge in [-0.15, -0.1) is 0 Å². The number of ether oxygens (including phenoxy) is 3. The van der Waals surface area contributed by atoms with Crippen LogP contribution in [0.5, 0.6) is 17.2 Å². The quantitative estimate of drug-likeness (QED) is 0.130. The summed E-state index contributed by atoms with van der Waals surface area (Å²) in [6.07, 6.45) is -0.394. The number of benzene rings is 4. The second kappa shape index (κ2) is 15.8. The van der Waals surface area contributed by atoms with Crippen LogP contribution in [0.1, 0.15) is 70.6 Å². The fourth-order valence-electron chi connectivity index (χ4n) is 6.67. The Kier molecular flexibility index (Phi) is 11.5. The summed E-state index contributed by atoms with van der Waals surface area (Å²) < 4.78 is 17.5. The van der Waals surface area contributed by atoms with Crippen molar-refractivity contribution in [1.29, 1.82) is 0 Å². The molecule has 5 rings (SSSR count). The van der Waals surface area contributed by atoms with E-state index < -0.39 is 47.4 Å². The predicted molar refractivity (Wildman–Crippen MR) is 198 cm³/mol. The fraction of sp³-hybridized carbons (Fsp3) is 0.357. The molecule has 4 unspecified atom stereocenters. The number of amides is 2. The molecule has 0 saturated heterocycles. The van der Waals surface area contributed by atoms with Crippen molar-refractivity contribution in [2.45, 2.75) is 71.5 Å².